The first kappa shape index (κ1) is 11.9. The molecule has 0 aliphatic carbocycles. The van der Waals surface area contributed by atoms with E-state index in [1.165, 1.54) is 23.5 Å². The molecule has 3 aromatic rings. The molecule has 0 unspecified atom stereocenters. The second-order valence-corrected chi connectivity index (χ2v) is 4.86. The van der Waals surface area contributed by atoms with Crippen LogP contribution < -0.4 is 4.74 Å². The van der Waals surface area contributed by atoms with Crippen LogP contribution in [0, 0.1) is 12.7 Å². The first-order valence-electron chi connectivity index (χ1n) is 5.54. The van der Waals surface area contributed by atoms with E-state index in [1.807, 2.05) is 5.38 Å². The number of hydrogen-bond donors (Lipinski definition) is 0. The van der Waals surface area contributed by atoms with E-state index in [-0.39, 0.29) is 5.88 Å². The maximum Gasteiger partial charge on any atom is 0.250 e. The fourth-order valence-corrected chi connectivity index (χ4v) is 2.47. The van der Waals surface area contributed by atoms with Gasteiger partial charge in [0.25, 0.3) is 0 Å². The van der Waals surface area contributed by atoms with Crippen molar-refractivity contribution < 1.29 is 13.9 Å². The van der Waals surface area contributed by atoms with E-state index < -0.39 is 5.82 Å². The number of aryl methyl sites for hydroxylation is 1. The molecular weight excluding hydrogens is 267 g/mol. The molecule has 2 aromatic heterocycles. The van der Waals surface area contributed by atoms with Crippen molar-refractivity contribution in [3.63, 3.8) is 0 Å². The van der Waals surface area contributed by atoms with E-state index in [4.69, 9.17) is 4.74 Å². The van der Waals surface area contributed by atoms with Gasteiger partial charge in [0.05, 0.1) is 0 Å². The highest BCUT2D eigenvalue weighted by Gasteiger charge is 2.15. The SMILES string of the molecule is Cc1ccc(F)cc1Oc1nc2sccn2c1C=O. The van der Waals surface area contributed by atoms with E-state index in [0.29, 0.717) is 22.7 Å². The lowest BCUT2D eigenvalue weighted by molar-refractivity contribution is 0.111. The molecule has 4 nitrogen and oxygen atoms in total. The minimum Gasteiger partial charge on any atom is -0.437 e. The van der Waals surface area contributed by atoms with Gasteiger partial charge in [0.15, 0.2) is 16.9 Å². The molecule has 0 N–H and O–H groups in total. The third-order valence-corrected chi connectivity index (χ3v) is 3.49. The normalized spacial score (nSPS) is 10.8. The van der Waals surface area contributed by atoms with Crippen molar-refractivity contribution in [2.75, 3.05) is 0 Å². The number of rotatable bonds is 3. The van der Waals surface area contributed by atoms with Gasteiger partial charge in [-0.25, -0.2) is 4.39 Å². The topological polar surface area (TPSA) is 43.6 Å². The Morgan fingerprint density at radius 3 is 3.11 bits per heavy atom. The highest BCUT2D eigenvalue weighted by Crippen LogP contribution is 2.29. The number of ether oxygens (including phenoxy) is 1. The molecule has 0 amide bonds. The molecule has 2 heterocycles. The second kappa shape index (κ2) is 4.47. The molecule has 0 atom stereocenters. The summed E-state index contributed by atoms with van der Waals surface area (Å²) < 4.78 is 20.4. The molecule has 0 bridgehead atoms. The summed E-state index contributed by atoms with van der Waals surface area (Å²) in [5.74, 6) is 0.152. The Balaban J connectivity index is 2.07. The van der Waals surface area contributed by atoms with Crippen molar-refractivity contribution in [2.45, 2.75) is 6.92 Å². The highest BCUT2D eigenvalue weighted by atomic mass is 32.1. The van der Waals surface area contributed by atoms with Gasteiger partial charge in [0.1, 0.15) is 11.6 Å². The van der Waals surface area contributed by atoms with Crippen LogP contribution in [0.15, 0.2) is 29.8 Å². The lowest BCUT2D eigenvalue weighted by Crippen LogP contribution is -1.94. The maximum atomic E-state index is 13.2. The van der Waals surface area contributed by atoms with Gasteiger partial charge >= 0.3 is 0 Å². The Labute approximate surface area is 112 Å². The molecule has 6 heteroatoms. The Hall–Kier alpha value is -2.21. The molecule has 0 saturated carbocycles. The van der Waals surface area contributed by atoms with E-state index in [9.17, 15) is 9.18 Å². The maximum absolute atomic E-state index is 13.2. The molecular formula is C13H9FN2O2S. The summed E-state index contributed by atoms with van der Waals surface area (Å²) in [6.07, 6.45) is 2.42. The lowest BCUT2D eigenvalue weighted by atomic mass is 10.2. The minimum atomic E-state index is -0.394. The average molecular weight is 276 g/mol. The van der Waals surface area contributed by atoms with Crippen molar-refractivity contribution in [3.8, 4) is 11.6 Å². The number of nitrogens with zero attached hydrogens (tertiary/aromatic N) is 2. The summed E-state index contributed by atoms with van der Waals surface area (Å²) in [4.78, 5) is 16.0. The molecule has 0 fully saturated rings. The summed E-state index contributed by atoms with van der Waals surface area (Å²) in [6, 6.07) is 4.25. The average Bonchev–Trinajstić information content (AvgIpc) is 2.94. The fraction of sp³-hybridized carbons (Fsp3) is 0.0769. The van der Waals surface area contributed by atoms with Crippen LogP contribution in [0.4, 0.5) is 4.39 Å². The van der Waals surface area contributed by atoms with E-state index in [2.05, 4.69) is 4.98 Å². The standard InChI is InChI=1S/C13H9FN2O2S/c1-8-2-3-9(14)6-11(8)18-12-10(7-17)16-4-5-19-13(16)15-12/h2-7H,1H3. The number of carbonyl (C=O) groups is 1. The number of thiazole rings is 1. The summed E-state index contributed by atoms with van der Waals surface area (Å²) in [5.41, 5.74) is 1.09. The van der Waals surface area contributed by atoms with Crippen LogP contribution in [-0.4, -0.2) is 15.7 Å². The number of aromatic nitrogens is 2. The summed E-state index contributed by atoms with van der Waals surface area (Å²) >= 11 is 1.39. The zero-order valence-electron chi connectivity index (χ0n) is 9.96. The van der Waals surface area contributed by atoms with E-state index >= 15 is 0 Å². The van der Waals surface area contributed by atoms with Gasteiger partial charge in [-0.3, -0.25) is 9.20 Å². The molecule has 0 radical (unpaired) electrons. The van der Waals surface area contributed by atoms with Crippen LogP contribution in [0.25, 0.3) is 4.96 Å². The van der Waals surface area contributed by atoms with Crippen molar-refractivity contribution in [2.24, 2.45) is 0 Å². The summed E-state index contributed by atoms with van der Waals surface area (Å²) in [5, 5.41) is 1.83. The zero-order valence-corrected chi connectivity index (χ0v) is 10.8. The summed E-state index contributed by atoms with van der Waals surface area (Å²) in [7, 11) is 0. The Bertz CT molecular complexity index is 763. The van der Waals surface area contributed by atoms with Crippen LogP contribution in [0.2, 0.25) is 0 Å². The first-order chi connectivity index (χ1) is 9.19. The monoisotopic (exact) mass is 276 g/mol. The Morgan fingerprint density at radius 2 is 2.32 bits per heavy atom. The smallest absolute Gasteiger partial charge is 0.250 e. The molecule has 0 spiro atoms. The van der Waals surface area contributed by atoms with Crippen molar-refractivity contribution in [1.82, 2.24) is 9.38 Å². The zero-order chi connectivity index (χ0) is 13.4. The van der Waals surface area contributed by atoms with Crippen molar-refractivity contribution >= 4 is 22.6 Å². The van der Waals surface area contributed by atoms with Gasteiger partial charge in [-0.1, -0.05) is 6.07 Å². The number of hydrogen-bond acceptors (Lipinski definition) is 4. The van der Waals surface area contributed by atoms with Gasteiger partial charge in [-0.05, 0) is 18.6 Å². The number of halogens is 1. The number of imidazole rings is 1. The second-order valence-electron chi connectivity index (χ2n) is 3.99. The molecule has 0 aliphatic rings. The molecule has 0 saturated heterocycles. The predicted molar refractivity (Wildman–Crippen MR) is 69.7 cm³/mol. The molecule has 0 aliphatic heterocycles. The van der Waals surface area contributed by atoms with Gasteiger partial charge in [-0.15, -0.1) is 11.3 Å². The summed E-state index contributed by atoms with van der Waals surface area (Å²) in [6.45, 7) is 1.80. The van der Waals surface area contributed by atoms with Crippen molar-refractivity contribution in [3.05, 3.63) is 46.9 Å². The lowest BCUT2D eigenvalue weighted by Gasteiger charge is -2.06. The third kappa shape index (κ3) is 2.00. The Kier molecular flexibility index (Phi) is 2.79. The van der Waals surface area contributed by atoms with Gasteiger partial charge in [0.2, 0.25) is 5.88 Å². The molecule has 19 heavy (non-hydrogen) atoms. The third-order valence-electron chi connectivity index (χ3n) is 2.73. The van der Waals surface area contributed by atoms with Crippen LogP contribution in [-0.2, 0) is 0 Å². The van der Waals surface area contributed by atoms with E-state index in [1.54, 1.807) is 23.6 Å². The van der Waals surface area contributed by atoms with Gasteiger partial charge < -0.3 is 4.74 Å². The number of aldehydes is 1. The predicted octanol–water partition coefficient (Wildman–Crippen LogP) is 3.45. The largest absolute Gasteiger partial charge is 0.437 e. The first-order valence-corrected chi connectivity index (χ1v) is 6.42. The number of fused-ring (bicyclic) bond motifs is 1. The molecule has 1 aromatic carbocycles. The van der Waals surface area contributed by atoms with Crippen LogP contribution in [0.1, 0.15) is 16.1 Å². The van der Waals surface area contributed by atoms with Crippen molar-refractivity contribution in [1.29, 1.82) is 0 Å². The van der Waals surface area contributed by atoms with E-state index in [0.717, 1.165) is 5.56 Å². The number of carbonyl (C=O) groups excluding carboxylic acids is 1. The van der Waals surface area contributed by atoms with Crippen LogP contribution in [0.3, 0.4) is 0 Å². The molecule has 96 valence electrons. The van der Waals surface area contributed by atoms with Crippen LogP contribution >= 0.6 is 11.3 Å². The van der Waals surface area contributed by atoms with Crippen LogP contribution in [0.5, 0.6) is 11.6 Å². The molecule has 3 rings (SSSR count). The van der Waals surface area contributed by atoms with Gasteiger partial charge in [0, 0.05) is 17.6 Å². The Morgan fingerprint density at radius 1 is 1.47 bits per heavy atom. The minimum absolute atomic E-state index is 0.190. The quantitative estimate of drug-likeness (QED) is 0.688. The fourth-order valence-electron chi connectivity index (χ4n) is 1.75. The van der Waals surface area contributed by atoms with Gasteiger partial charge in [-0.2, -0.15) is 4.98 Å². The number of benzene rings is 1. The highest BCUT2D eigenvalue weighted by molar-refractivity contribution is 7.15.